The fraction of sp³-hybridized carbons (Fsp3) is 0.625. The van der Waals surface area contributed by atoms with Gasteiger partial charge in [0.05, 0.1) is 12.6 Å². The van der Waals surface area contributed by atoms with Crippen LogP contribution in [0.5, 0.6) is 0 Å². The third-order valence-corrected chi connectivity index (χ3v) is 4.48. The summed E-state index contributed by atoms with van der Waals surface area (Å²) >= 11 is 3.59. The zero-order chi connectivity index (χ0) is 14.5. The Kier molecular flexibility index (Phi) is 5.87. The molecule has 0 spiro atoms. The highest BCUT2D eigenvalue weighted by atomic mass is 79.9. The smallest absolute Gasteiger partial charge is 0.0670 e. The Bertz CT molecular complexity index is 432. The molecule has 0 aliphatic carbocycles. The van der Waals surface area contributed by atoms with Crippen LogP contribution in [0.15, 0.2) is 22.7 Å². The van der Waals surface area contributed by atoms with E-state index in [2.05, 4.69) is 65.2 Å². The van der Waals surface area contributed by atoms with Gasteiger partial charge in [0.2, 0.25) is 0 Å². The molecule has 0 radical (unpaired) electrons. The van der Waals surface area contributed by atoms with Crippen LogP contribution in [-0.2, 0) is 4.74 Å². The van der Waals surface area contributed by atoms with Crippen molar-refractivity contribution in [3.8, 4) is 0 Å². The van der Waals surface area contributed by atoms with Gasteiger partial charge in [-0.15, -0.1) is 0 Å². The van der Waals surface area contributed by atoms with E-state index in [1.807, 2.05) is 0 Å². The summed E-state index contributed by atoms with van der Waals surface area (Å²) in [5.74, 6) is 0. The fourth-order valence-corrected chi connectivity index (χ4v) is 3.07. The third kappa shape index (κ3) is 3.74. The first kappa shape index (κ1) is 15.8. The second-order valence-electron chi connectivity index (χ2n) is 5.51. The average molecular weight is 341 g/mol. The van der Waals surface area contributed by atoms with Gasteiger partial charge in [0, 0.05) is 29.9 Å². The number of hydrogen-bond donors (Lipinski definition) is 1. The Morgan fingerprint density at radius 3 is 2.95 bits per heavy atom. The van der Waals surface area contributed by atoms with Crippen molar-refractivity contribution in [2.75, 3.05) is 31.7 Å². The molecule has 1 aromatic carbocycles. The summed E-state index contributed by atoms with van der Waals surface area (Å²) in [4.78, 5) is 2.37. The van der Waals surface area contributed by atoms with Crippen LogP contribution in [0.4, 0.5) is 5.69 Å². The van der Waals surface area contributed by atoms with Crippen molar-refractivity contribution < 1.29 is 4.74 Å². The number of rotatable bonds is 6. The predicted octanol–water partition coefficient (Wildman–Crippen LogP) is 3.73. The molecule has 1 heterocycles. The molecule has 2 rings (SSSR count). The largest absolute Gasteiger partial charge is 0.379 e. The molecule has 112 valence electrons. The van der Waals surface area contributed by atoms with Crippen molar-refractivity contribution in [3.63, 3.8) is 0 Å². The monoisotopic (exact) mass is 340 g/mol. The van der Waals surface area contributed by atoms with Crippen LogP contribution < -0.4 is 10.2 Å². The van der Waals surface area contributed by atoms with Crippen molar-refractivity contribution in [2.45, 2.75) is 38.8 Å². The van der Waals surface area contributed by atoms with Crippen molar-refractivity contribution in [1.29, 1.82) is 0 Å². The summed E-state index contributed by atoms with van der Waals surface area (Å²) in [6.45, 7) is 7.19. The number of nitrogens with zero attached hydrogens (tertiary/aromatic N) is 1. The summed E-state index contributed by atoms with van der Waals surface area (Å²) in [7, 11) is 2.18. The normalized spacial score (nSPS) is 20.1. The standard InChI is InChI=1S/C16H25BrN2O/c1-4-8-18-12(2)15-10-13(17)5-6-16(15)19(3)14-7-9-20-11-14/h5-6,10,12,14,18H,4,7-9,11H2,1-3H3. The zero-order valence-corrected chi connectivity index (χ0v) is 14.2. The van der Waals surface area contributed by atoms with E-state index in [0.717, 1.165) is 37.1 Å². The van der Waals surface area contributed by atoms with Gasteiger partial charge in [-0.1, -0.05) is 22.9 Å². The van der Waals surface area contributed by atoms with Gasteiger partial charge >= 0.3 is 0 Å². The topological polar surface area (TPSA) is 24.5 Å². The zero-order valence-electron chi connectivity index (χ0n) is 12.7. The van der Waals surface area contributed by atoms with Gasteiger partial charge in [-0.3, -0.25) is 0 Å². The highest BCUT2D eigenvalue weighted by molar-refractivity contribution is 9.10. The molecule has 3 nitrogen and oxygen atoms in total. The number of anilines is 1. The summed E-state index contributed by atoms with van der Waals surface area (Å²) < 4.78 is 6.66. The van der Waals surface area contributed by atoms with Crippen molar-refractivity contribution >= 4 is 21.6 Å². The van der Waals surface area contributed by atoms with Crippen LogP contribution in [0.1, 0.15) is 38.3 Å². The molecular weight excluding hydrogens is 316 g/mol. The number of likely N-dealkylation sites (N-methyl/N-ethyl adjacent to an activating group) is 1. The molecule has 0 saturated carbocycles. The highest BCUT2D eigenvalue weighted by Gasteiger charge is 2.23. The molecule has 2 atom stereocenters. The summed E-state index contributed by atoms with van der Waals surface area (Å²) in [5, 5.41) is 3.58. The number of ether oxygens (including phenoxy) is 1. The van der Waals surface area contributed by atoms with Crippen molar-refractivity contribution in [1.82, 2.24) is 5.32 Å². The van der Waals surface area contributed by atoms with Crippen molar-refractivity contribution in [2.24, 2.45) is 0 Å². The summed E-state index contributed by atoms with van der Waals surface area (Å²) in [6, 6.07) is 7.41. The SMILES string of the molecule is CCCNC(C)c1cc(Br)ccc1N(C)C1CCOC1. The van der Waals surface area contributed by atoms with E-state index in [0.29, 0.717) is 12.1 Å². The summed E-state index contributed by atoms with van der Waals surface area (Å²) in [5.41, 5.74) is 2.65. The minimum Gasteiger partial charge on any atom is -0.379 e. The number of halogens is 1. The van der Waals surface area contributed by atoms with Gasteiger partial charge in [0.25, 0.3) is 0 Å². The van der Waals surface area contributed by atoms with Crippen LogP contribution in [0.2, 0.25) is 0 Å². The molecular formula is C16H25BrN2O. The maximum Gasteiger partial charge on any atom is 0.0670 e. The van der Waals surface area contributed by atoms with Gasteiger partial charge in [-0.05, 0) is 50.1 Å². The fourth-order valence-electron chi connectivity index (χ4n) is 2.69. The van der Waals surface area contributed by atoms with E-state index in [-0.39, 0.29) is 0 Å². The Morgan fingerprint density at radius 1 is 1.50 bits per heavy atom. The first-order valence-corrected chi connectivity index (χ1v) is 8.26. The van der Waals surface area contributed by atoms with Crippen LogP contribution in [0.25, 0.3) is 0 Å². The first-order chi connectivity index (χ1) is 9.63. The van der Waals surface area contributed by atoms with Crippen LogP contribution in [-0.4, -0.2) is 32.8 Å². The maximum atomic E-state index is 5.52. The molecule has 1 aromatic rings. The number of hydrogen-bond acceptors (Lipinski definition) is 3. The highest BCUT2D eigenvalue weighted by Crippen LogP contribution is 2.31. The van der Waals surface area contributed by atoms with E-state index in [4.69, 9.17) is 4.74 Å². The summed E-state index contributed by atoms with van der Waals surface area (Å²) in [6.07, 6.45) is 2.27. The van der Waals surface area contributed by atoms with Gasteiger partial charge in [-0.2, -0.15) is 0 Å². The van der Waals surface area contributed by atoms with E-state index in [1.54, 1.807) is 0 Å². The van der Waals surface area contributed by atoms with Gasteiger partial charge in [0.15, 0.2) is 0 Å². The molecule has 1 N–H and O–H groups in total. The van der Waals surface area contributed by atoms with E-state index >= 15 is 0 Å². The first-order valence-electron chi connectivity index (χ1n) is 7.47. The van der Waals surface area contributed by atoms with E-state index in [1.165, 1.54) is 11.3 Å². The molecule has 1 aliphatic heterocycles. The van der Waals surface area contributed by atoms with Gasteiger partial charge in [-0.25, -0.2) is 0 Å². The van der Waals surface area contributed by atoms with Gasteiger partial charge < -0.3 is 15.0 Å². The lowest BCUT2D eigenvalue weighted by molar-refractivity contribution is 0.193. The van der Waals surface area contributed by atoms with Gasteiger partial charge in [0.1, 0.15) is 0 Å². The minimum atomic E-state index is 0.354. The lowest BCUT2D eigenvalue weighted by Crippen LogP contribution is -2.33. The lowest BCUT2D eigenvalue weighted by atomic mass is 10.0. The molecule has 0 bridgehead atoms. The maximum absolute atomic E-state index is 5.52. The Labute approximate surface area is 130 Å². The quantitative estimate of drug-likeness (QED) is 0.853. The molecule has 1 fully saturated rings. The van der Waals surface area contributed by atoms with Crippen LogP contribution >= 0.6 is 15.9 Å². The molecule has 1 aliphatic rings. The van der Waals surface area contributed by atoms with Crippen LogP contribution in [0, 0.1) is 0 Å². The predicted molar refractivity (Wildman–Crippen MR) is 88.5 cm³/mol. The molecule has 2 unspecified atom stereocenters. The molecule has 0 aromatic heterocycles. The van der Waals surface area contributed by atoms with E-state index < -0.39 is 0 Å². The Morgan fingerprint density at radius 2 is 2.30 bits per heavy atom. The van der Waals surface area contributed by atoms with E-state index in [9.17, 15) is 0 Å². The van der Waals surface area contributed by atoms with Crippen molar-refractivity contribution in [3.05, 3.63) is 28.2 Å². The number of nitrogens with one attached hydrogen (secondary N) is 1. The second-order valence-corrected chi connectivity index (χ2v) is 6.42. The molecule has 20 heavy (non-hydrogen) atoms. The average Bonchev–Trinajstić information content (AvgIpc) is 2.98. The number of benzene rings is 1. The second kappa shape index (κ2) is 7.43. The molecule has 4 heteroatoms. The minimum absolute atomic E-state index is 0.354. The Hall–Kier alpha value is -0.580. The Balaban J connectivity index is 2.22. The third-order valence-electron chi connectivity index (χ3n) is 3.99. The van der Waals surface area contributed by atoms with Crippen LogP contribution in [0.3, 0.4) is 0 Å². The molecule has 1 saturated heterocycles. The lowest BCUT2D eigenvalue weighted by Gasteiger charge is -2.30. The molecule has 0 amide bonds.